The Morgan fingerprint density at radius 2 is 1.71 bits per heavy atom. The zero-order valence-corrected chi connectivity index (χ0v) is 23.9. The zero-order chi connectivity index (χ0) is 25.9. The van der Waals surface area contributed by atoms with Gasteiger partial charge >= 0.3 is 0 Å². The molecule has 0 radical (unpaired) electrons. The van der Waals surface area contributed by atoms with Crippen molar-refractivity contribution < 1.29 is 0 Å². The second-order valence-corrected chi connectivity index (χ2v) is 10.3. The monoisotopic (exact) mass is 481 g/mol. The van der Waals surface area contributed by atoms with E-state index >= 15 is 0 Å². The second-order valence-electron chi connectivity index (χ2n) is 10.3. The highest BCUT2D eigenvalue weighted by Gasteiger charge is 2.21. The number of unbranched alkanes of at least 4 members (excludes halogenated alkanes) is 4. The van der Waals surface area contributed by atoms with Crippen LogP contribution in [0, 0.1) is 5.41 Å². The van der Waals surface area contributed by atoms with Crippen LogP contribution < -0.4 is 10.6 Å². The van der Waals surface area contributed by atoms with Gasteiger partial charge in [0.15, 0.2) is 0 Å². The van der Waals surface area contributed by atoms with E-state index in [1.165, 1.54) is 74.8 Å². The first-order valence-electron chi connectivity index (χ1n) is 14.3. The predicted molar refractivity (Wildman–Crippen MR) is 158 cm³/mol. The lowest BCUT2D eigenvalue weighted by Crippen LogP contribution is -2.19. The molecule has 35 heavy (non-hydrogen) atoms. The summed E-state index contributed by atoms with van der Waals surface area (Å²) in [6.07, 6.45) is 25.2. The molecular formula is C32H55N3. The van der Waals surface area contributed by atoms with Gasteiger partial charge in [0.05, 0.1) is 11.4 Å². The molecule has 3 heteroatoms. The molecule has 0 aromatic carbocycles. The molecule has 0 aliphatic heterocycles. The largest absolute Gasteiger partial charge is 0.389 e. The molecule has 0 amide bonds. The Bertz CT molecular complexity index is 766. The first-order valence-corrected chi connectivity index (χ1v) is 14.3. The van der Waals surface area contributed by atoms with Crippen LogP contribution >= 0.6 is 0 Å². The number of nitrogens with one attached hydrogen (secondary N) is 2. The molecule has 0 saturated carbocycles. The molecule has 1 rings (SSSR count). The fourth-order valence-corrected chi connectivity index (χ4v) is 4.51. The van der Waals surface area contributed by atoms with E-state index in [1.807, 2.05) is 0 Å². The summed E-state index contributed by atoms with van der Waals surface area (Å²) in [6.45, 7) is 19.8. The maximum Gasteiger partial charge on any atom is 0.0818 e. The molecule has 2 N–H and O–H groups in total. The van der Waals surface area contributed by atoms with Gasteiger partial charge in [0, 0.05) is 30.9 Å². The lowest BCUT2D eigenvalue weighted by atomic mass is 9.78. The third-order valence-electron chi connectivity index (χ3n) is 7.40. The molecule has 0 heterocycles. The third kappa shape index (κ3) is 12.5. The van der Waals surface area contributed by atoms with Crippen LogP contribution in [0.2, 0.25) is 0 Å². The van der Waals surface area contributed by atoms with Gasteiger partial charge in [0.1, 0.15) is 0 Å². The van der Waals surface area contributed by atoms with Gasteiger partial charge in [-0.15, -0.1) is 0 Å². The predicted octanol–water partition coefficient (Wildman–Crippen LogP) is 9.17. The van der Waals surface area contributed by atoms with E-state index in [1.54, 1.807) is 0 Å². The fraction of sp³-hybridized carbons (Fsp3) is 0.656. The van der Waals surface area contributed by atoms with Crippen LogP contribution in [0.25, 0.3) is 0 Å². The van der Waals surface area contributed by atoms with Crippen molar-refractivity contribution in [3.05, 3.63) is 59.6 Å². The average molecular weight is 482 g/mol. The molecule has 3 nitrogen and oxygen atoms in total. The van der Waals surface area contributed by atoms with Gasteiger partial charge in [-0.1, -0.05) is 96.8 Å². The Balaban J connectivity index is 2.25. The van der Waals surface area contributed by atoms with Crippen molar-refractivity contribution in [1.29, 1.82) is 0 Å². The van der Waals surface area contributed by atoms with E-state index in [-0.39, 0.29) is 0 Å². The smallest absolute Gasteiger partial charge is 0.0818 e. The Labute approximate surface area is 218 Å². The van der Waals surface area contributed by atoms with Gasteiger partial charge in [-0.3, -0.25) is 4.99 Å². The maximum atomic E-state index is 4.99. The SMILES string of the molecule is C=C(CCC(C)(CC)CCCC)NCCCCCCNC(=C/C)/C(=C\C)/N=C1\CC=CC=C1CC. The Kier molecular flexibility index (Phi) is 16.2. The van der Waals surface area contributed by atoms with E-state index in [0.29, 0.717) is 5.41 Å². The van der Waals surface area contributed by atoms with Crippen LogP contribution in [0.1, 0.15) is 119 Å². The average Bonchev–Trinajstić information content (AvgIpc) is 2.89. The first-order chi connectivity index (χ1) is 16.9. The lowest BCUT2D eigenvalue weighted by Gasteiger charge is -2.28. The van der Waals surface area contributed by atoms with Crippen molar-refractivity contribution in [2.45, 2.75) is 119 Å². The lowest BCUT2D eigenvalue weighted by molar-refractivity contribution is 0.251. The molecule has 0 spiro atoms. The highest BCUT2D eigenvalue weighted by atomic mass is 14.9. The molecule has 0 aromatic heterocycles. The van der Waals surface area contributed by atoms with Crippen LogP contribution in [0.3, 0.4) is 0 Å². The van der Waals surface area contributed by atoms with Gasteiger partial charge in [-0.05, 0) is 63.4 Å². The highest BCUT2D eigenvalue weighted by molar-refractivity contribution is 6.02. The van der Waals surface area contributed by atoms with Gasteiger partial charge in [-0.25, -0.2) is 0 Å². The van der Waals surface area contributed by atoms with Crippen LogP contribution in [-0.2, 0) is 0 Å². The summed E-state index contributed by atoms with van der Waals surface area (Å²) in [5.41, 5.74) is 6.42. The second kappa shape index (κ2) is 18.3. The molecule has 0 aromatic rings. The van der Waals surface area contributed by atoms with E-state index in [0.717, 1.165) is 43.7 Å². The van der Waals surface area contributed by atoms with Crippen LogP contribution in [0.5, 0.6) is 0 Å². The van der Waals surface area contributed by atoms with Crippen molar-refractivity contribution in [1.82, 2.24) is 10.6 Å². The Morgan fingerprint density at radius 1 is 1.00 bits per heavy atom. The van der Waals surface area contributed by atoms with Gasteiger partial charge < -0.3 is 10.6 Å². The zero-order valence-electron chi connectivity index (χ0n) is 23.9. The van der Waals surface area contributed by atoms with E-state index in [2.05, 4.69) is 89.1 Å². The van der Waals surface area contributed by atoms with E-state index < -0.39 is 0 Å². The number of rotatable bonds is 19. The number of aliphatic imine (C=N–C) groups is 1. The minimum Gasteiger partial charge on any atom is -0.389 e. The minimum absolute atomic E-state index is 0.473. The van der Waals surface area contributed by atoms with Gasteiger partial charge in [0.25, 0.3) is 0 Å². The van der Waals surface area contributed by atoms with Crippen molar-refractivity contribution >= 4 is 5.71 Å². The van der Waals surface area contributed by atoms with Crippen molar-refractivity contribution in [3.63, 3.8) is 0 Å². The number of hydrogen-bond acceptors (Lipinski definition) is 3. The highest BCUT2D eigenvalue weighted by Crippen LogP contribution is 2.34. The summed E-state index contributed by atoms with van der Waals surface area (Å²) in [7, 11) is 0. The van der Waals surface area contributed by atoms with Crippen LogP contribution in [0.4, 0.5) is 0 Å². The minimum atomic E-state index is 0.473. The molecule has 1 aliphatic rings. The van der Waals surface area contributed by atoms with Crippen molar-refractivity contribution in [2.24, 2.45) is 10.4 Å². The topological polar surface area (TPSA) is 36.4 Å². The van der Waals surface area contributed by atoms with Crippen LogP contribution in [-0.4, -0.2) is 18.8 Å². The maximum absolute atomic E-state index is 4.99. The summed E-state index contributed by atoms with van der Waals surface area (Å²) >= 11 is 0. The Morgan fingerprint density at radius 3 is 2.31 bits per heavy atom. The molecule has 1 atom stereocenters. The summed E-state index contributed by atoms with van der Waals surface area (Å²) in [5.74, 6) is 0. The standard InChI is InChI=1S/C32H55N3/c1-8-13-23-32(7,12-5)24-22-27(6)33-25-18-14-15-19-26-34-29(10-3)30(11-4)35-31-21-17-16-20-28(31)9-2/h10-11,16-17,20,33-34H,6,8-9,12-15,18-19,21-26H2,1-5,7H3/b29-10+,30-11+,35-31+. The third-order valence-corrected chi connectivity index (χ3v) is 7.40. The molecule has 0 bridgehead atoms. The Hall–Kier alpha value is -2.03. The molecule has 198 valence electrons. The summed E-state index contributed by atoms with van der Waals surface area (Å²) in [4.78, 5) is 4.99. The molecule has 0 saturated heterocycles. The number of nitrogens with zero attached hydrogens (tertiary/aromatic N) is 1. The summed E-state index contributed by atoms with van der Waals surface area (Å²) in [6, 6.07) is 0. The molecule has 0 fully saturated rings. The van der Waals surface area contributed by atoms with Crippen molar-refractivity contribution in [2.75, 3.05) is 13.1 Å². The number of hydrogen-bond donors (Lipinski definition) is 2. The van der Waals surface area contributed by atoms with Crippen molar-refractivity contribution in [3.8, 4) is 0 Å². The van der Waals surface area contributed by atoms with E-state index in [4.69, 9.17) is 4.99 Å². The van der Waals surface area contributed by atoms with Gasteiger partial charge in [-0.2, -0.15) is 0 Å². The molecule has 1 aliphatic carbocycles. The van der Waals surface area contributed by atoms with E-state index in [9.17, 15) is 0 Å². The normalized spacial score (nSPS) is 17.3. The quantitative estimate of drug-likeness (QED) is 0.142. The first kappa shape index (κ1) is 31.0. The fourth-order valence-electron chi connectivity index (χ4n) is 4.51. The van der Waals surface area contributed by atoms with Gasteiger partial charge in [0.2, 0.25) is 0 Å². The summed E-state index contributed by atoms with van der Waals surface area (Å²) in [5, 5.41) is 7.19. The molecule has 1 unspecified atom stereocenters. The number of allylic oxidation sites excluding steroid dienone is 7. The summed E-state index contributed by atoms with van der Waals surface area (Å²) < 4.78 is 0. The van der Waals surface area contributed by atoms with Crippen LogP contribution in [0.15, 0.2) is 64.6 Å². The molecular weight excluding hydrogens is 426 g/mol.